The fourth-order valence-corrected chi connectivity index (χ4v) is 1.84. The molecule has 1 aliphatic heterocycles. The van der Waals surface area contributed by atoms with Gasteiger partial charge >= 0.3 is 0 Å². The molecule has 0 aromatic heterocycles. The van der Waals surface area contributed by atoms with Gasteiger partial charge in [-0.2, -0.15) is 0 Å². The molecular formula is C11H24N2O2. The van der Waals surface area contributed by atoms with Crippen molar-refractivity contribution in [2.45, 2.75) is 38.3 Å². The lowest BCUT2D eigenvalue weighted by Crippen LogP contribution is -2.35. The Morgan fingerprint density at radius 2 is 2.40 bits per heavy atom. The Morgan fingerprint density at radius 3 is 3.00 bits per heavy atom. The number of likely N-dealkylation sites (tertiary alicyclic amines) is 1. The molecule has 15 heavy (non-hydrogen) atoms. The predicted molar refractivity (Wildman–Crippen MR) is 60.8 cm³/mol. The highest BCUT2D eigenvalue weighted by atomic mass is 16.5. The molecule has 0 radical (unpaired) electrons. The molecule has 0 aromatic carbocycles. The van der Waals surface area contributed by atoms with E-state index in [0.717, 1.165) is 39.0 Å². The first kappa shape index (κ1) is 12.9. The second-order valence-corrected chi connectivity index (χ2v) is 4.39. The first-order valence-corrected chi connectivity index (χ1v) is 5.96. The summed E-state index contributed by atoms with van der Waals surface area (Å²) < 4.78 is 5.37. The smallest absolute Gasteiger partial charge is 0.0900 e. The number of hydrogen-bond acceptors (Lipinski definition) is 4. The van der Waals surface area contributed by atoms with E-state index in [4.69, 9.17) is 10.5 Å². The van der Waals surface area contributed by atoms with E-state index >= 15 is 0 Å². The summed E-state index contributed by atoms with van der Waals surface area (Å²) in [4.78, 5) is 2.21. The standard InChI is InChI=1S/C11H24N2O2/c1-2-3-6-15-9-11(14)8-13-5-4-10(12)7-13/h10-11,14H,2-9,12H2,1H3/t10-,11?/m1/s1. The maximum Gasteiger partial charge on any atom is 0.0900 e. The molecule has 4 nitrogen and oxygen atoms in total. The van der Waals surface area contributed by atoms with Crippen molar-refractivity contribution in [2.75, 3.05) is 32.8 Å². The zero-order chi connectivity index (χ0) is 11.1. The van der Waals surface area contributed by atoms with Crippen molar-refractivity contribution in [3.63, 3.8) is 0 Å². The second kappa shape index (κ2) is 7.17. The van der Waals surface area contributed by atoms with Crippen LogP contribution in [0.1, 0.15) is 26.2 Å². The van der Waals surface area contributed by atoms with Crippen molar-refractivity contribution in [3.05, 3.63) is 0 Å². The van der Waals surface area contributed by atoms with Crippen LogP contribution in [0.25, 0.3) is 0 Å². The number of aliphatic hydroxyl groups excluding tert-OH is 1. The third-order valence-corrected chi connectivity index (χ3v) is 2.73. The lowest BCUT2D eigenvalue weighted by atomic mass is 10.3. The fourth-order valence-electron chi connectivity index (χ4n) is 1.84. The molecule has 1 saturated heterocycles. The van der Waals surface area contributed by atoms with Crippen LogP contribution in [0, 0.1) is 0 Å². The Morgan fingerprint density at radius 1 is 1.60 bits per heavy atom. The van der Waals surface area contributed by atoms with E-state index < -0.39 is 0 Å². The predicted octanol–water partition coefficient (Wildman–Crippen LogP) is 0.197. The minimum absolute atomic E-state index is 0.290. The number of β-amino-alcohol motifs (C(OH)–C–C–N with tert-alkyl or cyclic N) is 1. The molecule has 0 bridgehead atoms. The molecule has 4 heteroatoms. The quantitative estimate of drug-likeness (QED) is 0.597. The van der Waals surface area contributed by atoms with E-state index in [1.807, 2.05) is 0 Å². The van der Waals surface area contributed by atoms with Crippen LogP contribution in [0.3, 0.4) is 0 Å². The van der Waals surface area contributed by atoms with Gasteiger partial charge in [0.2, 0.25) is 0 Å². The van der Waals surface area contributed by atoms with Crippen LogP contribution >= 0.6 is 0 Å². The van der Waals surface area contributed by atoms with Gasteiger partial charge in [0, 0.05) is 25.7 Å². The van der Waals surface area contributed by atoms with E-state index in [0.29, 0.717) is 19.2 Å². The molecule has 1 unspecified atom stereocenters. The highest BCUT2D eigenvalue weighted by Gasteiger charge is 2.20. The molecule has 0 aliphatic carbocycles. The lowest BCUT2D eigenvalue weighted by molar-refractivity contribution is 0.0194. The van der Waals surface area contributed by atoms with Gasteiger partial charge in [-0.15, -0.1) is 0 Å². The normalized spacial score (nSPS) is 24.6. The van der Waals surface area contributed by atoms with Gasteiger partial charge in [-0.05, 0) is 19.4 Å². The number of hydrogen-bond donors (Lipinski definition) is 2. The summed E-state index contributed by atoms with van der Waals surface area (Å²) in [5, 5.41) is 9.69. The van der Waals surface area contributed by atoms with Crippen LogP contribution in [0.2, 0.25) is 0 Å². The van der Waals surface area contributed by atoms with Gasteiger partial charge in [0.1, 0.15) is 0 Å². The summed E-state index contributed by atoms with van der Waals surface area (Å²) in [5.74, 6) is 0. The van der Waals surface area contributed by atoms with E-state index in [-0.39, 0.29) is 6.10 Å². The highest BCUT2D eigenvalue weighted by molar-refractivity contribution is 4.79. The molecule has 90 valence electrons. The largest absolute Gasteiger partial charge is 0.389 e. The van der Waals surface area contributed by atoms with Crippen LogP contribution in [-0.4, -0.2) is 55.0 Å². The van der Waals surface area contributed by atoms with Crippen LogP contribution in [0.5, 0.6) is 0 Å². The minimum atomic E-state index is -0.368. The summed E-state index contributed by atoms with van der Waals surface area (Å²) in [6.07, 6.45) is 2.88. The average Bonchev–Trinajstić information content (AvgIpc) is 2.59. The number of nitrogens with zero attached hydrogens (tertiary/aromatic N) is 1. The number of rotatable bonds is 7. The summed E-state index contributed by atoms with van der Waals surface area (Å²) in [6.45, 7) is 5.95. The van der Waals surface area contributed by atoms with Crippen molar-refractivity contribution in [1.82, 2.24) is 4.90 Å². The zero-order valence-corrected chi connectivity index (χ0v) is 9.69. The number of nitrogens with two attached hydrogens (primary N) is 1. The van der Waals surface area contributed by atoms with E-state index in [9.17, 15) is 5.11 Å². The summed E-state index contributed by atoms with van der Waals surface area (Å²) in [5.41, 5.74) is 5.79. The van der Waals surface area contributed by atoms with Crippen LogP contribution in [-0.2, 0) is 4.74 Å². The molecule has 0 amide bonds. The maximum absolute atomic E-state index is 9.69. The maximum atomic E-state index is 9.69. The van der Waals surface area contributed by atoms with Gasteiger partial charge in [-0.25, -0.2) is 0 Å². The Balaban J connectivity index is 2.00. The fraction of sp³-hybridized carbons (Fsp3) is 1.00. The summed E-state index contributed by atoms with van der Waals surface area (Å²) >= 11 is 0. The van der Waals surface area contributed by atoms with Gasteiger partial charge in [-0.1, -0.05) is 13.3 Å². The van der Waals surface area contributed by atoms with Crippen molar-refractivity contribution in [1.29, 1.82) is 0 Å². The lowest BCUT2D eigenvalue weighted by Gasteiger charge is -2.19. The Hall–Kier alpha value is -0.160. The monoisotopic (exact) mass is 216 g/mol. The van der Waals surface area contributed by atoms with E-state index in [2.05, 4.69) is 11.8 Å². The Bertz CT molecular complexity index is 167. The molecule has 0 spiro atoms. The van der Waals surface area contributed by atoms with Gasteiger partial charge < -0.3 is 15.6 Å². The van der Waals surface area contributed by atoms with Gasteiger partial charge in [0.05, 0.1) is 12.7 Å². The second-order valence-electron chi connectivity index (χ2n) is 4.39. The molecule has 0 saturated carbocycles. The molecule has 1 rings (SSSR count). The summed E-state index contributed by atoms with van der Waals surface area (Å²) in [7, 11) is 0. The first-order valence-electron chi connectivity index (χ1n) is 5.96. The molecule has 3 N–H and O–H groups in total. The molecule has 2 atom stereocenters. The van der Waals surface area contributed by atoms with Gasteiger partial charge in [0.25, 0.3) is 0 Å². The average molecular weight is 216 g/mol. The highest BCUT2D eigenvalue weighted by Crippen LogP contribution is 2.07. The SMILES string of the molecule is CCCCOCC(O)CN1CC[C@@H](N)C1. The Kier molecular flexibility index (Phi) is 6.17. The van der Waals surface area contributed by atoms with Crippen molar-refractivity contribution >= 4 is 0 Å². The van der Waals surface area contributed by atoms with E-state index in [1.54, 1.807) is 0 Å². The molecule has 1 heterocycles. The number of unbranched alkanes of at least 4 members (excludes halogenated alkanes) is 1. The van der Waals surface area contributed by atoms with Crippen molar-refractivity contribution in [3.8, 4) is 0 Å². The molecule has 1 aliphatic rings. The zero-order valence-electron chi connectivity index (χ0n) is 9.69. The third kappa shape index (κ3) is 5.47. The van der Waals surface area contributed by atoms with Crippen LogP contribution in [0.15, 0.2) is 0 Å². The molecule has 0 aromatic rings. The minimum Gasteiger partial charge on any atom is -0.389 e. The Labute approximate surface area is 92.4 Å². The van der Waals surface area contributed by atoms with Crippen LogP contribution < -0.4 is 5.73 Å². The molecule has 1 fully saturated rings. The van der Waals surface area contributed by atoms with Gasteiger partial charge in [0.15, 0.2) is 0 Å². The van der Waals surface area contributed by atoms with Gasteiger partial charge in [-0.3, -0.25) is 4.90 Å². The first-order chi connectivity index (χ1) is 7.22. The number of ether oxygens (including phenoxy) is 1. The molecular weight excluding hydrogens is 192 g/mol. The van der Waals surface area contributed by atoms with Crippen LogP contribution in [0.4, 0.5) is 0 Å². The van der Waals surface area contributed by atoms with Crippen molar-refractivity contribution in [2.24, 2.45) is 5.73 Å². The number of aliphatic hydroxyl groups is 1. The van der Waals surface area contributed by atoms with Crippen molar-refractivity contribution < 1.29 is 9.84 Å². The third-order valence-electron chi connectivity index (χ3n) is 2.73. The topological polar surface area (TPSA) is 58.7 Å². The summed E-state index contributed by atoms with van der Waals surface area (Å²) in [6, 6.07) is 0.290. The van der Waals surface area contributed by atoms with E-state index in [1.165, 1.54) is 0 Å².